The van der Waals surface area contributed by atoms with E-state index in [-0.39, 0.29) is 5.23 Å². The Hall–Kier alpha value is -1.44. The predicted octanol–water partition coefficient (Wildman–Crippen LogP) is 0.661. The van der Waals surface area contributed by atoms with E-state index in [1.165, 1.54) is 34.6 Å². The molecular formula is C14H21NO6. The Morgan fingerprint density at radius 1 is 1.10 bits per heavy atom. The number of hydrogen-bond donors (Lipinski definition) is 2. The molecule has 0 aromatic heterocycles. The Kier molecular flexibility index (Phi) is 4.53. The number of ketones is 4. The van der Waals surface area contributed by atoms with Gasteiger partial charge >= 0.3 is 0 Å². The lowest BCUT2D eigenvalue weighted by atomic mass is 9.57. The van der Waals surface area contributed by atoms with Crippen LogP contribution >= 0.6 is 0 Å². The van der Waals surface area contributed by atoms with Crippen LogP contribution in [-0.4, -0.2) is 45.3 Å². The van der Waals surface area contributed by atoms with E-state index in [9.17, 15) is 19.2 Å². The third-order valence-corrected chi connectivity index (χ3v) is 4.10. The highest BCUT2D eigenvalue weighted by Gasteiger charge is 2.60. The minimum atomic E-state index is -1.54. The first-order valence-corrected chi connectivity index (χ1v) is 6.67. The second-order valence-electron chi connectivity index (χ2n) is 6.60. The third-order valence-electron chi connectivity index (χ3n) is 4.10. The van der Waals surface area contributed by atoms with E-state index in [2.05, 4.69) is 0 Å². The average Bonchev–Trinajstić information content (AvgIpc) is 2.35. The number of hydroxylamine groups is 2. The van der Waals surface area contributed by atoms with Gasteiger partial charge < -0.3 is 0 Å². The molecule has 21 heavy (non-hydrogen) atoms. The number of Topliss-reactive ketones (excluding diaryl/α,β-unsaturated/α-hetero) is 4. The van der Waals surface area contributed by atoms with Gasteiger partial charge in [0.05, 0.1) is 17.4 Å². The molecule has 2 N–H and O–H groups in total. The Balaban J connectivity index is 3.22. The summed E-state index contributed by atoms with van der Waals surface area (Å²) in [6.07, 6.45) is 0. The molecule has 0 aromatic rings. The zero-order valence-electron chi connectivity index (χ0n) is 12.8. The van der Waals surface area contributed by atoms with Crippen LogP contribution in [0.4, 0.5) is 0 Å². The lowest BCUT2D eigenvalue weighted by Gasteiger charge is -2.40. The van der Waals surface area contributed by atoms with Gasteiger partial charge in [0, 0.05) is 5.92 Å². The van der Waals surface area contributed by atoms with Crippen molar-refractivity contribution < 1.29 is 29.6 Å². The summed E-state index contributed by atoms with van der Waals surface area (Å²) >= 11 is 0. The lowest BCUT2D eigenvalue weighted by Crippen LogP contribution is -2.60. The smallest absolute Gasteiger partial charge is 0.163 e. The van der Waals surface area contributed by atoms with Crippen molar-refractivity contribution in [1.29, 1.82) is 0 Å². The van der Waals surface area contributed by atoms with Crippen LogP contribution in [0.5, 0.6) is 0 Å². The maximum atomic E-state index is 12.4. The highest BCUT2D eigenvalue weighted by molar-refractivity contribution is 6.35. The topological polar surface area (TPSA) is 112 Å². The molecule has 1 rings (SSSR count). The molecule has 1 unspecified atom stereocenters. The molecule has 0 saturated heterocycles. The summed E-state index contributed by atoms with van der Waals surface area (Å²) in [6, 6.07) is 0. The Labute approximate surface area is 122 Å². The summed E-state index contributed by atoms with van der Waals surface area (Å²) in [5.41, 5.74) is -2.84. The van der Waals surface area contributed by atoms with E-state index >= 15 is 0 Å². The number of nitrogens with zero attached hydrogens (tertiary/aromatic N) is 1. The second-order valence-corrected chi connectivity index (χ2v) is 6.60. The predicted molar refractivity (Wildman–Crippen MR) is 70.5 cm³/mol. The van der Waals surface area contributed by atoms with Crippen molar-refractivity contribution in [1.82, 2.24) is 5.23 Å². The van der Waals surface area contributed by atoms with Gasteiger partial charge in [-0.05, 0) is 27.7 Å². The van der Waals surface area contributed by atoms with Crippen LogP contribution in [0.15, 0.2) is 0 Å². The first kappa shape index (κ1) is 17.6. The van der Waals surface area contributed by atoms with Gasteiger partial charge in [0.15, 0.2) is 23.1 Å². The summed E-state index contributed by atoms with van der Waals surface area (Å²) in [7, 11) is 0. The molecule has 0 heterocycles. The standard InChI is InChI=1S/C14H21NO6/c1-7(6-15(20)21)9(16)8-10(17)13(2,3)12(19)14(4,5)11(8)18/h7-8,20-21H,6H2,1-5H3. The lowest BCUT2D eigenvalue weighted by molar-refractivity contribution is -0.310. The van der Waals surface area contributed by atoms with E-state index in [1.807, 2.05) is 0 Å². The van der Waals surface area contributed by atoms with Crippen molar-refractivity contribution >= 4 is 23.1 Å². The highest BCUT2D eigenvalue weighted by Crippen LogP contribution is 2.41. The van der Waals surface area contributed by atoms with E-state index in [4.69, 9.17) is 10.4 Å². The van der Waals surface area contributed by atoms with E-state index in [0.29, 0.717) is 0 Å². The van der Waals surface area contributed by atoms with Gasteiger partial charge in [-0.15, -0.1) is 0 Å². The van der Waals surface area contributed by atoms with Gasteiger partial charge in [-0.1, -0.05) is 12.2 Å². The van der Waals surface area contributed by atoms with Crippen molar-refractivity contribution in [2.75, 3.05) is 6.54 Å². The van der Waals surface area contributed by atoms with Gasteiger partial charge in [0.25, 0.3) is 0 Å². The molecule has 1 aliphatic rings. The van der Waals surface area contributed by atoms with Gasteiger partial charge in [0.2, 0.25) is 0 Å². The summed E-state index contributed by atoms with van der Waals surface area (Å²) in [5, 5.41) is 17.4. The molecule has 1 atom stereocenters. The zero-order valence-corrected chi connectivity index (χ0v) is 12.8. The molecule has 1 fully saturated rings. The van der Waals surface area contributed by atoms with Gasteiger partial charge in [0.1, 0.15) is 5.92 Å². The van der Waals surface area contributed by atoms with Crippen LogP contribution in [0.25, 0.3) is 0 Å². The first-order chi connectivity index (χ1) is 9.35. The molecule has 1 saturated carbocycles. The van der Waals surface area contributed by atoms with Crippen molar-refractivity contribution in [3.8, 4) is 0 Å². The van der Waals surface area contributed by atoms with Gasteiger partial charge in [-0.2, -0.15) is 0 Å². The molecule has 7 nitrogen and oxygen atoms in total. The van der Waals surface area contributed by atoms with Crippen molar-refractivity contribution in [2.24, 2.45) is 22.7 Å². The van der Waals surface area contributed by atoms with E-state index in [1.54, 1.807) is 0 Å². The minimum Gasteiger partial charge on any atom is -0.298 e. The Morgan fingerprint density at radius 3 is 1.81 bits per heavy atom. The van der Waals surface area contributed by atoms with Crippen LogP contribution in [0.1, 0.15) is 34.6 Å². The monoisotopic (exact) mass is 299 g/mol. The molecule has 7 heteroatoms. The fourth-order valence-corrected chi connectivity index (χ4v) is 2.72. The van der Waals surface area contributed by atoms with Crippen molar-refractivity contribution in [3.63, 3.8) is 0 Å². The minimum absolute atomic E-state index is 0.165. The zero-order chi connectivity index (χ0) is 16.7. The van der Waals surface area contributed by atoms with Gasteiger partial charge in [-0.3, -0.25) is 29.6 Å². The molecule has 118 valence electrons. The Bertz CT molecular complexity index is 476. The van der Waals surface area contributed by atoms with Gasteiger partial charge in [-0.25, -0.2) is 0 Å². The maximum Gasteiger partial charge on any atom is 0.163 e. The number of carbonyl (C=O) groups is 4. The summed E-state index contributed by atoms with van der Waals surface area (Å²) < 4.78 is 0. The summed E-state index contributed by atoms with van der Waals surface area (Å²) in [4.78, 5) is 49.4. The van der Waals surface area contributed by atoms with Crippen molar-refractivity contribution in [3.05, 3.63) is 0 Å². The molecule has 0 aliphatic heterocycles. The second kappa shape index (κ2) is 5.40. The molecule has 0 bridgehead atoms. The fraction of sp³-hybridized carbons (Fsp3) is 0.714. The van der Waals surface area contributed by atoms with Crippen LogP contribution in [-0.2, 0) is 19.2 Å². The highest BCUT2D eigenvalue weighted by atomic mass is 16.8. The summed E-state index contributed by atoms with van der Waals surface area (Å²) in [5.74, 6) is -5.13. The van der Waals surface area contributed by atoms with Crippen LogP contribution in [0, 0.1) is 22.7 Å². The molecule has 0 amide bonds. The number of hydrogen-bond acceptors (Lipinski definition) is 7. The molecule has 1 aliphatic carbocycles. The summed E-state index contributed by atoms with van der Waals surface area (Å²) in [6.45, 7) is 6.58. The quantitative estimate of drug-likeness (QED) is 0.579. The molecular weight excluding hydrogens is 278 g/mol. The Morgan fingerprint density at radius 2 is 1.48 bits per heavy atom. The molecule has 0 aromatic carbocycles. The number of carbonyl (C=O) groups excluding carboxylic acids is 4. The third kappa shape index (κ3) is 2.81. The van der Waals surface area contributed by atoms with E-state index < -0.39 is 52.3 Å². The SMILES string of the molecule is CC(CN(O)O)C(=O)C1C(=O)C(C)(C)C(=O)C(C)(C)C1=O. The van der Waals surface area contributed by atoms with Crippen LogP contribution in [0.2, 0.25) is 0 Å². The largest absolute Gasteiger partial charge is 0.298 e. The van der Waals surface area contributed by atoms with Crippen molar-refractivity contribution in [2.45, 2.75) is 34.6 Å². The maximum absolute atomic E-state index is 12.4. The molecule has 0 spiro atoms. The van der Waals surface area contributed by atoms with Crippen LogP contribution in [0.3, 0.4) is 0 Å². The average molecular weight is 299 g/mol. The normalized spacial score (nSPS) is 23.5. The molecule has 0 radical (unpaired) electrons. The number of rotatable bonds is 4. The first-order valence-electron chi connectivity index (χ1n) is 6.67. The fourth-order valence-electron chi connectivity index (χ4n) is 2.72. The van der Waals surface area contributed by atoms with Crippen LogP contribution < -0.4 is 0 Å². The van der Waals surface area contributed by atoms with E-state index in [0.717, 1.165) is 0 Å².